The molecular weight excluding hydrogens is 340 g/mol. The third-order valence-corrected chi connectivity index (χ3v) is 4.49. The van der Waals surface area contributed by atoms with Crippen molar-refractivity contribution in [2.45, 2.75) is 13.3 Å². The van der Waals surface area contributed by atoms with Gasteiger partial charge in [0.15, 0.2) is 5.96 Å². The molecule has 0 aliphatic carbocycles. The van der Waals surface area contributed by atoms with E-state index in [0.717, 1.165) is 31.2 Å². The van der Waals surface area contributed by atoms with Crippen molar-refractivity contribution in [2.75, 3.05) is 38.2 Å². The minimum absolute atomic E-state index is 0.107. The molecule has 2 N–H and O–H groups in total. The monoisotopic (exact) mass is 366 g/mol. The molecule has 0 saturated carbocycles. The second-order valence-electron chi connectivity index (χ2n) is 6.25. The first-order valence-corrected chi connectivity index (χ1v) is 9.29. The van der Waals surface area contributed by atoms with Crippen molar-refractivity contribution >= 4 is 17.6 Å². The van der Waals surface area contributed by atoms with Gasteiger partial charge in [-0.15, -0.1) is 0 Å². The number of benzene rings is 2. The van der Waals surface area contributed by atoms with E-state index in [1.807, 2.05) is 0 Å². The van der Waals surface area contributed by atoms with Gasteiger partial charge in [-0.05, 0) is 49.2 Å². The van der Waals surface area contributed by atoms with Crippen LogP contribution in [-0.2, 0) is 6.42 Å². The molecule has 6 nitrogen and oxygen atoms in total. The summed E-state index contributed by atoms with van der Waals surface area (Å²) in [5.74, 6) is 1.49. The number of ether oxygens (including phenoxy) is 1. The van der Waals surface area contributed by atoms with Crippen LogP contribution in [0.3, 0.4) is 0 Å². The Morgan fingerprint density at radius 1 is 1.15 bits per heavy atom. The smallest absolute Gasteiger partial charge is 0.251 e. The number of amides is 1. The summed E-state index contributed by atoms with van der Waals surface area (Å²) in [5.41, 5.74) is 3.16. The quantitative estimate of drug-likeness (QED) is 0.468. The molecule has 0 aromatic heterocycles. The molecule has 1 heterocycles. The molecule has 0 radical (unpaired) electrons. The summed E-state index contributed by atoms with van der Waals surface area (Å²) in [6.45, 7) is 4.78. The van der Waals surface area contributed by atoms with E-state index in [4.69, 9.17) is 4.74 Å². The fourth-order valence-electron chi connectivity index (χ4n) is 3.13. The normalized spacial score (nSPS) is 13.3. The third kappa shape index (κ3) is 4.58. The molecule has 27 heavy (non-hydrogen) atoms. The molecule has 0 atom stereocenters. The molecule has 3 rings (SSSR count). The summed E-state index contributed by atoms with van der Waals surface area (Å²) in [6.07, 6.45) is 1.02. The van der Waals surface area contributed by atoms with Gasteiger partial charge in [-0.2, -0.15) is 0 Å². The molecular formula is C21H26N4O2. The van der Waals surface area contributed by atoms with Crippen LogP contribution in [0.5, 0.6) is 5.75 Å². The van der Waals surface area contributed by atoms with Crippen LogP contribution in [0.1, 0.15) is 22.8 Å². The lowest BCUT2D eigenvalue weighted by Gasteiger charge is -2.22. The summed E-state index contributed by atoms with van der Waals surface area (Å²) in [7, 11) is 1.60. The zero-order valence-electron chi connectivity index (χ0n) is 15.9. The summed E-state index contributed by atoms with van der Waals surface area (Å²) < 4.78 is 5.11. The Hall–Kier alpha value is -3.02. The number of aliphatic imine (C=N–C) groups is 1. The maximum Gasteiger partial charge on any atom is 0.251 e. The Morgan fingerprint density at radius 3 is 2.67 bits per heavy atom. The van der Waals surface area contributed by atoms with E-state index in [1.54, 1.807) is 31.4 Å². The molecule has 1 aliphatic rings. The number of carbonyl (C=O) groups excluding carboxylic acids is 1. The van der Waals surface area contributed by atoms with Gasteiger partial charge in [-0.25, -0.2) is 0 Å². The molecule has 6 heteroatoms. The summed E-state index contributed by atoms with van der Waals surface area (Å²) in [4.78, 5) is 19.1. The van der Waals surface area contributed by atoms with E-state index in [0.29, 0.717) is 18.7 Å². The number of hydrogen-bond acceptors (Lipinski definition) is 3. The van der Waals surface area contributed by atoms with Crippen LogP contribution in [0, 0.1) is 0 Å². The fraction of sp³-hybridized carbons (Fsp3) is 0.333. The van der Waals surface area contributed by atoms with Crippen molar-refractivity contribution in [3.8, 4) is 5.75 Å². The second-order valence-corrected chi connectivity index (χ2v) is 6.25. The Kier molecular flexibility index (Phi) is 6.30. The molecule has 0 saturated heterocycles. The minimum atomic E-state index is -0.107. The highest BCUT2D eigenvalue weighted by Gasteiger charge is 2.22. The number of methoxy groups -OCH3 is 1. The molecule has 142 valence electrons. The van der Waals surface area contributed by atoms with Crippen LogP contribution in [-0.4, -0.2) is 45.2 Å². The van der Waals surface area contributed by atoms with Gasteiger partial charge in [0, 0.05) is 30.9 Å². The standard InChI is InChI=1S/C21H26N4O2/c1-3-22-21(25-15-12-16-6-4-5-7-19(16)25)24-14-13-23-20(26)17-8-10-18(27-2)11-9-17/h4-11H,3,12-15H2,1-2H3,(H,22,24)(H,23,26). The highest BCUT2D eigenvalue weighted by atomic mass is 16.5. The van der Waals surface area contributed by atoms with Crippen molar-refractivity contribution in [1.29, 1.82) is 0 Å². The van der Waals surface area contributed by atoms with Gasteiger partial charge in [-0.1, -0.05) is 18.2 Å². The molecule has 0 unspecified atom stereocenters. The van der Waals surface area contributed by atoms with E-state index >= 15 is 0 Å². The molecule has 2 aromatic rings. The lowest BCUT2D eigenvalue weighted by molar-refractivity contribution is 0.0955. The van der Waals surface area contributed by atoms with Gasteiger partial charge in [0.25, 0.3) is 5.91 Å². The lowest BCUT2D eigenvalue weighted by atomic mass is 10.2. The van der Waals surface area contributed by atoms with Crippen molar-refractivity contribution in [3.05, 3.63) is 59.7 Å². The summed E-state index contributed by atoms with van der Waals surface area (Å²) in [6, 6.07) is 15.5. The number of nitrogens with one attached hydrogen (secondary N) is 2. The average Bonchev–Trinajstić information content (AvgIpc) is 3.14. The minimum Gasteiger partial charge on any atom is -0.497 e. The number of para-hydroxylation sites is 1. The molecule has 2 aromatic carbocycles. The van der Waals surface area contributed by atoms with E-state index < -0.39 is 0 Å². The number of guanidine groups is 1. The number of carbonyl (C=O) groups is 1. The SMILES string of the molecule is CCNC(=NCCNC(=O)c1ccc(OC)cc1)N1CCc2ccccc21. The predicted molar refractivity (Wildman–Crippen MR) is 109 cm³/mol. The molecule has 0 spiro atoms. The van der Waals surface area contributed by atoms with Crippen LogP contribution < -0.4 is 20.3 Å². The number of nitrogens with zero attached hydrogens (tertiary/aromatic N) is 2. The van der Waals surface area contributed by atoms with Crippen molar-refractivity contribution < 1.29 is 9.53 Å². The highest BCUT2D eigenvalue weighted by Crippen LogP contribution is 2.27. The Bertz CT molecular complexity index is 802. The topological polar surface area (TPSA) is 66.0 Å². The van der Waals surface area contributed by atoms with Gasteiger partial charge in [0.2, 0.25) is 0 Å². The predicted octanol–water partition coefficient (Wildman–Crippen LogP) is 2.45. The first-order chi connectivity index (χ1) is 13.2. The largest absolute Gasteiger partial charge is 0.497 e. The van der Waals surface area contributed by atoms with Gasteiger partial charge in [0.05, 0.1) is 13.7 Å². The van der Waals surface area contributed by atoms with Crippen molar-refractivity contribution in [3.63, 3.8) is 0 Å². The van der Waals surface area contributed by atoms with Gasteiger partial charge in [-0.3, -0.25) is 9.79 Å². The summed E-state index contributed by atoms with van der Waals surface area (Å²) >= 11 is 0. The van der Waals surface area contributed by atoms with Crippen molar-refractivity contribution in [2.24, 2.45) is 4.99 Å². The van der Waals surface area contributed by atoms with Crippen LogP contribution in [0.4, 0.5) is 5.69 Å². The lowest BCUT2D eigenvalue weighted by Crippen LogP contribution is -2.41. The molecule has 0 fully saturated rings. The average molecular weight is 366 g/mol. The summed E-state index contributed by atoms with van der Waals surface area (Å²) in [5, 5.41) is 6.26. The number of rotatable bonds is 6. The first-order valence-electron chi connectivity index (χ1n) is 9.29. The molecule has 1 amide bonds. The van der Waals surface area contributed by atoms with Gasteiger partial charge in [0.1, 0.15) is 5.75 Å². The number of fused-ring (bicyclic) bond motifs is 1. The number of anilines is 1. The third-order valence-electron chi connectivity index (χ3n) is 4.49. The highest BCUT2D eigenvalue weighted by molar-refractivity contribution is 5.98. The van der Waals surface area contributed by atoms with E-state index in [2.05, 4.69) is 51.7 Å². The maximum absolute atomic E-state index is 12.2. The zero-order valence-corrected chi connectivity index (χ0v) is 15.9. The van der Waals surface area contributed by atoms with E-state index in [1.165, 1.54) is 11.3 Å². The van der Waals surface area contributed by atoms with Crippen LogP contribution in [0.15, 0.2) is 53.5 Å². The Morgan fingerprint density at radius 2 is 1.93 bits per heavy atom. The Balaban J connectivity index is 1.57. The Labute approximate surface area is 160 Å². The van der Waals surface area contributed by atoms with Crippen LogP contribution in [0.25, 0.3) is 0 Å². The van der Waals surface area contributed by atoms with Crippen LogP contribution >= 0.6 is 0 Å². The zero-order chi connectivity index (χ0) is 19.1. The first kappa shape index (κ1) is 18.8. The molecule has 0 bridgehead atoms. The second kappa shape index (κ2) is 9.07. The van der Waals surface area contributed by atoms with Gasteiger partial charge >= 0.3 is 0 Å². The van der Waals surface area contributed by atoms with Gasteiger partial charge < -0.3 is 20.3 Å². The fourth-order valence-corrected chi connectivity index (χ4v) is 3.13. The molecule has 1 aliphatic heterocycles. The number of hydrogen-bond donors (Lipinski definition) is 2. The van der Waals surface area contributed by atoms with Crippen LogP contribution in [0.2, 0.25) is 0 Å². The van der Waals surface area contributed by atoms with E-state index in [9.17, 15) is 4.79 Å². The maximum atomic E-state index is 12.2. The van der Waals surface area contributed by atoms with E-state index in [-0.39, 0.29) is 5.91 Å². The van der Waals surface area contributed by atoms with Crippen molar-refractivity contribution in [1.82, 2.24) is 10.6 Å².